The highest BCUT2D eigenvalue weighted by Gasteiger charge is 2.12. The molecular formula is C27H33NO3. The van der Waals surface area contributed by atoms with Crippen LogP contribution in [-0.2, 0) is 0 Å². The van der Waals surface area contributed by atoms with Crippen LogP contribution in [0, 0.1) is 0 Å². The molecule has 2 unspecified atom stereocenters. The van der Waals surface area contributed by atoms with Gasteiger partial charge >= 0.3 is 0 Å². The summed E-state index contributed by atoms with van der Waals surface area (Å²) >= 11 is 0. The van der Waals surface area contributed by atoms with E-state index < -0.39 is 0 Å². The van der Waals surface area contributed by atoms with E-state index in [9.17, 15) is 0 Å². The maximum atomic E-state index is 6.21. The summed E-state index contributed by atoms with van der Waals surface area (Å²) in [7, 11) is 0. The van der Waals surface area contributed by atoms with E-state index in [2.05, 4.69) is 44.3 Å². The molecule has 0 saturated heterocycles. The van der Waals surface area contributed by atoms with E-state index in [1.165, 1.54) is 5.56 Å². The van der Waals surface area contributed by atoms with Gasteiger partial charge in [-0.25, -0.2) is 0 Å². The molecule has 0 aliphatic carbocycles. The standard InChI is InChI=1S/C27H33NO3/c1-4-21(2)26-12-8-9-13-27(26)31-22(3)20-28-23-14-16-25(17-15-23)30-19-18-29-24-10-6-5-7-11-24/h5-17,21-22,28H,4,18-20H2,1-3H3. The molecule has 31 heavy (non-hydrogen) atoms. The number of anilines is 1. The van der Waals surface area contributed by atoms with Crippen LogP contribution in [0.25, 0.3) is 0 Å². The second kappa shape index (κ2) is 11.9. The van der Waals surface area contributed by atoms with Gasteiger partial charge in [0.15, 0.2) is 0 Å². The fraction of sp³-hybridized carbons (Fsp3) is 0.333. The Morgan fingerprint density at radius 2 is 1.35 bits per heavy atom. The van der Waals surface area contributed by atoms with Crippen molar-refractivity contribution in [2.24, 2.45) is 0 Å². The molecule has 0 amide bonds. The van der Waals surface area contributed by atoms with Crippen LogP contribution < -0.4 is 19.5 Å². The van der Waals surface area contributed by atoms with Crippen LogP contribution in [0.1, 0.15) is 38.7 Å². The lowest BCUT2D eigenvalue weighted by Gasteiger charge is -2.20. The normalized spacial score (nSPS) is 12.6. The molecule has 1 N–H and O–H groups in total. The molecule has 0 saturated carbocycles. The van der Waals surface area contributed by atoms with Gasteiger partial charge in [0.2, 0.25) is 0 Å². The highest BCUT2D eigenvalue weighted by Crippen LogP contribution is 2.29. The van der Waals surface area contributed by atoms with Gasteiger partial charge in [-0.05, 0) is 67.3 Å². The predicted molar refractivity (Wildman–Crippen MR) is 128 cm³/mol. The third-order valence-electron chi connectivity index (χ3n) is 5.20. The first-order valence-corrected chi connectivity index (χ1v) is 11.1. The van der Waals surface area contributed by atoms with Crippen molar-refractivity contribution >= 4 is 5.69 Å². The van der Waals surface area contributed by atoms with E-state index in [1.54, 1.807) is 0 Å². The van der Waals surface area contributed by atoms with Gasteiger partial charge in [0.05, 0.1) is 6.54 Å². The SMILES string of the molecule is CCC(C)c1ccccc1OC(C)CNc1ccc(OCCOc2ccccc2)cc1. The van der Waals surface area contributed by atoms with E-state index in [1.807, 2.05) is 60.7 Å². The molecule has 4 heteroatoms. The van der Waals surface area contributed by atoms with Crippen LogP contribution in [-0.4, -0.2) is 25.9 Å². The fourth-order valence-electron chi connectivity index (χ4n) is 3.24. The molecule has 0 heterocycles. The van der Waals surface area contributed by atoms with Gasteiger partial charge in [-0.2, -0.15) is 0 Å². The minimum atomic E-state index is 0.0521. The molecule has 3 aromatic rings. The predicted octanol–water partition coefficient (Wildman–Crippen LogP) is 6.54. The molecule has 0 fully saturated rings. The number of nitrogens with one attached hydrogen (secondary N) is 1. The molecule has 2 atom stereocenters. The third-order valence-corrected chi connectivity index (χ3v) is 5.20. The van der Waals surface area contributed by atoms with Crippen molar-refractivity contribution in [1.29, 1.82) is 0 Å². The summed E-state index contributed by atoms with van der Waals surface area (Å²) in [6.07, 6.45) is 1.15. The van der Waals surface area contributed by atoms with E-state index in [0.717, 1.165) is 35.9 Å². The highest BCUT2D eigenvalue weighted by molar-refractivity contribution is 5.46. The Labute approximate surface area is 186 Å². The zero-order chi connectivity index (χ0) is 21.9. The van der Waals surface area contributed by atoms with Crippen molar-refractivity contribution in [3.63, 3.8) is 0 Å². The Balaban J connectivity index is 1.41. The highest BCUT2D eigenvalue weighted by atomic mass is 16.5. The Hall–Kier alpha value is -3.14. The summed E-state index contributed by atoms with van der Waals surface area (Å²) in [4.78, 5) is 0. The second-order valence-electron chi connectivity index (χ2n) is 7.69. The number of hydrogen-bond donors (Lipinski definition) is 1. The quantitative estimate of drug-likeness (QED) is 0.339. The average molecular weight is 420 g/mol. The number of rotatable bonds is 12. The Morgan fingerprint density at radius 3 is 2.03 bits per heavy atom. The van der Waals surface area contributed by atoms with Crippen LogP contribution in [0.15, 0.2) is 78.9 Å². The summed E-state index contributed by atoms with van der Waals surface area (Å²) in [5, 5.41) is 3.44. The van der Waals surface area contributed by atoms with Crippen molar-refractivity contribution in [2.75, 3.05) is 25.1 Å². The van der Waals surface area contributed by atoms with Gasteiger partial charge < -0.3 is 19.5 Å². The summed E-state index contributed by atoms with van der Waals surface area (Å²) in [5.74, 6) is 3.15. The molecule has 4 nitrogen and oxygen atoms in total. The van der Waals surface area contributed by atoms with Crippen molar-refractivity contribution in [3.05, 3.63) is 84.4 Å². The van der Waals surface area contributed by atoms with Gasteiger partial charge in [0.25, 0.3) is 0 Å². The molecule has 0 aliphatic heterocycles. The second-order valence-corrected chi connectivity index (χ2v) is 7.69. The van der Waals surface area contributed by atoms with Gasteiger partial charge in [-0.1, -0.05) is 50.2 Å². The van der Waals surface area contributed by atoms with E-state index in [0.29, 0.717) is 19.1 Å². The van der Waals surface area contributed by atoms with Crippen LogP contribution in [0.3, 0.4) is 0 Å². The van der Waals surface area contributed by atoms with Gasteiger partial charge in [-0.15, -0.1) is 0 Å². The first-order chi connectivity index (χ1) is 15.2. The molecule has 0 aliphatic rings. The molecule has 0 bridgehead atoms. The summed E-state index contributed by atoms with van der Waals surface area (Å²) in [6.45, 7) is 8.27. The Bertz CT molecular complexity index is 896. The number of hydrogen-bond acceptors (Lipinski definition) is 4. The smallest absolute Gasteiger partial charge is 0.123 e. The van der Waals surface area contributed by atoms with E-state index in [4.69, 9.17) is 14.2 Å². The largest absolute Gasteiger partial charge is 0.490 e. The van der Waals surface area contributed by atoms with E-state index in [-0.39, 0.29) is 6.10 Å². The lowest BCUT2D eigenvalue weighted by atomic mass is 9.98. The van der Waals surface area contributed by atoms with Crippen LogP contribution in [0.2, 0.25) is 0 Å². The molecule has 3 aromatic carbocycles. The summed E-state index contributed by atoms with van der Waals surface area (Å²) in [5.41, 5.74) is 2.31. The molecular weight excluding hydrogens is 386 g/mol. The number of para-hydroxylation sites is 2. The topological polar surface area (TPSA) is 39.7 Å². The Morgan fingerprint density at radius 1 is 0.742 bits per heavy atom. The third kappa shape index (κ3) is 7.25. The monoisotopic (exact) mass is 419 g/mol. The molecule has 3 rings (SSSR count). The van der Waals surface area contributed by atoms with Gasteiger partial charge in [0, 0.05) is 5.69 Å². The maximum absolute atomic E-state index is 6.21. The Kier molecular flexibility index (Phi) is 8.65. The first-order valence-electron chi connectivity index (χ1n) is 11.1. The van der Waals surface area contributed by atoms with Crippen LogP contribution in [0.5, 0.6) is 17.2 Å². The van der Waals surface area contributed by atoms with E-state index >= 15 is 0 Å². The molecule has 0 spiro atoms. The van der Waals surface area contributed by atoms with Crippen molar-refractivity contribution in [1.82, 2.24) is 0 Å². The molecule has 0 radical (unpaired) electrons. The van der Waals surface area contributed by atoms with Crippen molar-refractivity contribution in [2.45, 2.75) is 39.2 Å². The minimum absolute atomic E-state index is 0.0521. The van der Waals surface area contributed by atoms with Gasteiger partial charge in [0.1, 0.15) is 36.6 Å². The summed E-state index contributed by atoms with van der Waals surface area (Å²) < 4.78 is 17.6. The molecule has 0 aromatic heterocycles. The van der Waals surface area contributed by atoms with Crippen molar-refractivity contribution in [3.8, 4) is 17.2 Å². The minimum Gasteiger partial charge on any atom is -0.490 e. The lowest BCUT2D eigenvalue weighted by molar-refractivity contribution is 0.217. The lowest BCUT2D eigenvalue weighted by Crippen LogP contribution is -2.23. The van der Waals surface area contributed by atoms with Crippen LogP contribution >= 0.6 is 0 Å². The average Bonchev–Trinajstić information content (AvgIpc) is 2.82. The zero-order valence-corrected chi connectivity index (χ0v) is 18.7. The zero-order valence-electron chi connectivity index (χ0n) is 18.7. The maximum Gasteiger partial charge on any atom is 0.123 e. The number of benzene rings is 3. The van der Waals surface area contributed by atoms with Gasteiger partial charge in [-0.3, -0.25) is 0 Å². The first kappa shape index (κ1) is 22.5. The molecule has 164 valence electrons. The fourth-order valence-corrected chi connectivity index (χ4v) is 3.24. The number of ether oxygens (including phenoxy) is 3. The van der Waals surface area contributed by atoms with Crippen molar-refractivity contribution < 1.29 is 14.2 Å². The summed E-state index contributed by atoms with van der Waals surface area (Å²) in [6, 6.07) is 26.1. The van der Waals surface area contributed by atoms with Crippen LogP contribution in [0.4, 0.5) is 5.69 Å².